The topological polar surface area (TPSA) is 66.6 Å². The Kier molecular flexibility index (Phi) is 6.24. The Morgan fingerprint density at radius 1 is 1.28 bits per heavy atom. The number of anilines is 1. The van der Waals surface area contributed by atoms with E-state index in [2.05, 4.69) is 17.9 Å². The van der Waals surface area contributed by atoms with Gasteiger partial charge in [0.2, 0.25) is 0 Å². The van der Waals surface area contributed by atoms with E-state index in [1.807, 2.05) is 13.8 Å². The summed E-state index contributed by atoms with van der Waals surface area (Å²) < 4.78 is 15.8. The maximum absolute atomic E-state index is 5.59. The molecule has 0 aliphatic rings. The van der Waals surface area contributed by atoms with Gasteiger partial charge in [0.1, 0.15) is 5.75 Å². The van der Waals surface area contributed by atoms with Crippen molar-refractivity contribution in [2.45, 2.75) is 32.5 Å². The Morgan fingerprint density at radius 3 is 2.67 bits per heavy atom. The lowest BCUT2D eigenvalue weighted by Gasteiger charge is -2.21. The number of unbranched alkanes of at least 4 members (excludes halogenated alkanes) is 1. The number of ether oxygens (including phenoxy) is 2. The first-order valence-electron chi connectivity index (χ1n) is 5.83. The van der Waals surface area contributed by atoms with Gasteiger partial charge in [0.15, 0.2) is 5.79 Å². The van der Waals surface area contributed by atoms with Gasteiger partial charge in [0.25, 0.3) is 0 Å². The molecule has 0 saturated carbocycles. The standard InChI is InChI=1S/C12H20N2O3S/c1-12(2,17-18)16-6-4-3-5-15-11-7-10(13)8-14-9-11/h7-9,18H,3-6,13H2,1-2H3. The van der Waals surface area contributed by atoms with E-state index in [1.165, 1.54) is 0 Å². The van der Waals surface area contributed by atoms with Crippen LogP contribution < -0.4 is 10.5 Å². The number of pyridine rings is 1. The molecule has 18 heavy (non-hydrogen) atoms. The number of nitrogens with two attached hydrogens (primary N) is 1. The number of nitrogens with zero attached hydrogens (tertiary/aromatic N) is 1. The molecule has 0 radical (unpaired) electrons. The normalized spacial score (nSPS) is 11.5. The molecule has 2 N–H and O–H groups in total. The van der Waals surface area contributed by atoms with Crippen molar-refractivity contribution in [2.75, 3.05) is 18.9 Å². The molecular weight excluding hydrogens is 252 g/mol. The molecule has 1 aromatic heterocycles. The molecule has 1 aromatic rings. The molecular formula is C12H20N2O3S. The first-order chi connectivity index (χ1) is 8.53. The zero-order valence-corrected chi connectivity index (χ0v) is 11.7. The highest BCUT2D eigenvalue weighted by Gasteiger charge is 2.16. The second kappa shape index (κ2) is 7.45. The monoisotopic (exact) mass is 272 g/mol. The highest BCUT2D eigenvalue weighted by atomic mass is 32.1. The van der Waals surface area contributed by atoms with Gasteiger partial charge < -0.3 is 15.2 Å². The van der Waals surface area contributed by atoms with E-state index in [4.69, 9.17) is 19.4 Å². The summed E-state index contributed by atoms with van der Waals surface area (Å²) in [5.74, 6) is 0.0387. The smallest absolute Gasteiger partial charge is 0.175 e. The van der Waals surface area contributed by atoms with Crippen LogP contribution in [0.1, 0.15) is 26.7 Å². The van der Waals surface area contributed by atoms with Crippen molar-refractivity contribution in [1.29, 1.82) is 0 Å². The molecule has 0 fully saturated rings. The lowest BCUT2D eigenvalue weighted by molar-refractivity contribution is -0.145. The fraction of sp³-hybridized carbons (Fsp3) is 0.583. The molecule has 0 spiro atoms. The van der Waals surface area contributed by atoms with Crippen LogP contribution in [0.25, 0.3) is 0 Å². The van der Waals surface area contributed by atoms with Crippen molar-refractivity contribution < 1.29 is 13.7 Å². The second-order valence-corrected chi connectivity index (χ2v) is 4.53. The largest absolute Gasteiger partial charge is 0.492 e. The molecule has 0 amide bonds. The minimum Gasteiger partial charge on any atom is -0.492 e. The first kappa shape index (κ1) is 15.1. The fourth-order valence-electron chi connectivity index (χ4n) is 1.25. The lowest BCUT2D eigenvalue weighted by Crippen LogP contribution is -2.25. The Balaban J connectivity index is 2.09. The van der Waals surface area contributed by atoms with E-state index < -0.39 is 5.79 Å². The maximum atomic E-state index is 5.59. The molecule has 1 rings (SSSR count). The van der Waals surface area contributed by atoms with Crippen LogP contribution in [0.4, 0.5) is 5.69 Å². The van der Waals surface area contributed by atoms with Crippen LogP contribution >= 0.6 is 12.9 Å². The summed E-state index contributed by atoms with van der Waals surface area (Å²) in [7, 11) is 0. The van der Waals surface area contributed by atoms with Crippen LogP contribution in [0.5, 0.6) is 5.75 Å². The Hall–Kier alpha value is -0.980. The Bertz CT molecular complexity index is 361. The quantitative estimate of drug-likeness (QED) is 0.329. The van der Waals surface area contributed by atoms with Crippen LogP contribution in [-0.4, -0.2) is 24.0 Å². The van der Waals surface area contributed by atoms with Crippen molar-refractivity contribution in [2.24, 2.45) is 0 Å². The van der Waals surface area contributed by atoms with E-state index >= 15 is 0 Å². The molecule has 0 atom stereocenters. The van der Waals surface area contributed by atoms with Crippen molar-refractivity contribution >= 4 is 18.6 Å². The molecule has 0 aliphatic heterocycles. The molecule has 0 aromatic carbocycles. The minimum atomic E-state index is -0.651. The fourth-order valence-corrected chi connectivity index (χ4v) is 1.31. The van der Waals surface area contributed by atoms with Gasteiger partial charge in [0, 0.05) is 6.07 Å². The molecule has 102 valence electrons. The lowest BCUT2D eigenvalue weighted by atomic mass is 10.3. The summed E-state index contributed by atoms with van der Waals surface area (Å²) in [5, 5.41) is 0. The number of thiol groups is 1. The van der Waals surface area contributed by atoms with Gasteiger partial charge >= 0.3 is 0 Å². The van der Waals surface area contributed by atoms with Crippen LogP contribution in [0.3, 0.4) is 0 Å². The van der Waals surface area contributed by atoms with Gasteiger partial charge in [-0.2, -0.15) is 0 Å². The molecule has 0 saturated heterocycles. The molecule has 1 heterocycles. The van der Waals surface area contributed by atoms with Crippen molar-refractivity contribution in [3.8, 4) is 5.75 Å². The summed E-state index contributed by atoms with van der Waals surface area (Å²) in [6.45, 7) is 4.84. The number of hydrogen-bond acceptors (Lipinski definition) is 6. The SMILES string of the molecule is CC(C)(OS)OCCCCOc1cncc(N)c1. The van der Waals surface area contributed by atoms with Crippen molar-refractivity contribution in [3.63, 3.8) is 0 Å². The van der Waals surface area contributed by atoms with E-state index in [0.717, 1.165) is 12.8 Å². The predicted octanol–water partition coefficient (Wildman–Crippen LogP) is 2.44. The third-order valence-electron chi connectivity index (χ3n) is 2.21. The number of aromatic nitrogens is 1. The summed E-state index contributed by atoms with van der Waals surface area (Å²) >= 11 is 3.73. The number of hydrogen-bond donors (Lipinski definition) is 2. The minimum absolute atomic E-state index is 0.600. The van der Waals surface area contributed by atoms with Crippen LogP contribution in [0.15, 0.2) is 18.5 Å². The van der Waals surface area contributed by atoms with Crippen molar-refractivity contribution in [1.82, 2.24) is 4.98 Å². The second-order valence-electron chi connectivity index (χ2n) is 4.35. The van der Waals surface area contributed by atoms with Crippen LogP contribution in [-0.2, 0) is 8.92 Å². The van der Waals surface area contributed by atoms with Crippen LogP contribution in [0.2, 0.25) is 0 Å². The van der Waals surface area contributed by atoms with Gasteiger partial charge in [-0.15, -0.1) is 0 Å². The van der Waals surface area contributed by atoms with E-state index in [1.54, 1.807) is 18.5 Å². The van der Waals surface area contributed by atoms with Gasteiger partial charge in [-0.05, 0) is 39.6 Å². The van der Waals surface area contributed by atoms with Gasteiger partial charge in [-0.1, -0.05) is 0 Å². The first-order valence-corrected chi connectivity index (χ1v) is 6.20. The van der Waals surface area contributed by atoms with Gasteiger partial charge in [0.05, 0.1) is 31.3 Å². The summed E-state index contributed by atoms with van der Waals surface area (Å²) in [6.07, 6.45) is 5.00. The summed E-state index contributed by atoms with van der Waals surface area (Å²) in [5.41, 5.74) is 6.19. The van der Waals surface area contributed by atoms with Crippen molar-refractivity contribution in [3.05, 3.63) is 18.5 Å². The Morgan fingerprint density at radius 2 is 2.00 bits per heavy atom. The summed E-state index contributed by atoms with van der Waals surface area (Å²) in [6, 6.07) is 1.75. The number of nitrogen functional groups attached to an aromatic ring is 1. The van der Waals surface area contributed by atoms with Gasteiger partial charge in [-0.25, -0.2) is 0 Å². The Labute approximate surface area is 113 Å². The molecule has 5 nitrogen and oxygen atoms in total. The van der Waals surface area contributed by atoms with Gasteiger partial charge in [-0.3, -0.25) is 9.17 Å². The third kappa shape index (κ3) is 6.09. The van der Waals surface area contributed by atoms with Crippen LogP contribution in [0, 0.1) is 0 Å². The predicted molar refractivity (Wildman–Crippen MR) is 73.5 cm³/mol. The molecule has 6 heteroatoms. The maximum Gasteiger partial charge on any atom is 0.175 e. The van der Waals surface area contributed by atoms with E-state index in [9.17, 15) is 0 Å². The zero-order chi connectivity index (χ0) is 13.4. The highest BCUT2D eigenvalue weighted by molar-refractivity contribution is 7.75. The highest BCUT2D eigenvalue weighted by Crippen LogP contribution is 2.14. The average Bonchev–Trinajstić information content (AvgIpc) is 2.34. The zero-order valence-electron chi connectivity index (χ0n) is 10.8. The third-order valence-corrected chi connectivity index (χ3v) is 2.65. The summed E-state index contributed by atoms with van der Waals surface area (Å²) in [4.78, 5) is 3.94. The van der Waals surface area contributed by atoms with E-state index in [-0.39, 0.29) is 0 Å². The molecule has 0 aliphatic carbocycles. The number of rotatable bonds is 8. The van der Waals surface area contributed by atoms with E-state index in [0.29, 0.717) is 24.7 Å². The average molecular weight is 272 g/mol. The molecule has 0 unspecified atom stereocenters. The molecule has 0 bridgehead atoms.